The highest BCUT2D eigenvalue weighted by Gasteiger charge is 2.31. The second-order valence-corrected chi connectivity index (χ2v) is 5.71. The monoisotopic (exact) mass is 309 g/mol. The summed E-state index contributed by atoms with van der Waals surface area (Å²) in [6, 6.07) is 16.6. The van der Waals surface area contributed by atoms with Crippen molar-refractivity contribution >= 4 is 23.3 Å². The van der Waals surface area contributed by atoms with Crippen LogP contribution in [0.15, 0.2) is 54.6 Å². The summed E-state index contributed by atoms with van der Waals surface area (Å²) in [5, 5.41) is 5.65. The topological polar surface area (TPSA) is 61.4 Å². The normalized spacial score (nSPS) is 17.2. The molecule has 0 bridgehead atoms. The molecule has 3 amide bonds. The number of hydrogen-bond acceptors (Lipinski definition) is 2. The first-order valence-electron chi connectivity index (χ1n) is 7.61. The highest BCUT2D eigenvalue weighted by atomic mass is 16.2. The summed E-state index contributed by atoms with van der Waals surface area (Å²) >= 11 is 0. The highest BCUT2D eigenvalue weighted by Crippen LogP contribution is 2.21. The van der Waals surface area contributed by atoms with Gasteiger partial charge in [-0.3, -0.25) is 4.79 Å². The molecule has 0 aliphatic carbocycles. The lowest BCUT2D eigenvalue weighted by Crippen LogP contribution is -2.39. The molecule has 1 atom stereocenters. The third-order valence-electron chi connectivity index (χ3n) is 3.84. The Morgan fingerprint density at radius 2 is 1.78 bits per heavy atom. The third-order valence-corrected chi connectivity index (χ3v) is 3.84. The average molecular weight is 309 g/mol. The Morgan fingerprint density at radius 3 is 2.48 bits per heavy atom. The van der Waals surface area contributed by atoms with Gasteiger partial charge in [-0.1, -0.05) is 35.9 Å². The smallest absolute Gasteiger partial charge is 0.319 e. The van der Waals surface area contributed by atoms with Crippen LogP contribution in [0.25, 0.3) is 0 Å². The quantitative estimate of drug-likeness (QED) is 0.916. The number of carbonyl (C=O) groups is 2. The Kier molecular flexibility index (Phi) is 4.28. The Balaban J connectivity index is 1.57. The summed E-state index contributed by atoms with van der Waals surface area (Å²) in [5.41, 5.74) is 2.73. The summed E-state index contributed by atoms with van der Waals surface area (Å²) in [6.45, 7) is 2.48. The molecule has 1 aliphatic heterocycles. The number of rotatable bonds is 3. The van der Waals surface area contributed by atoms with E-state index in [0.717, 1.165) is 16.9 Å². The number of carbonyl (C=O) groups excluding carboxylic acids is 2. The maximum atomic E-state index is 12.1. The molecule has 0 spiro atoms. The van der Waals surface area contributed by atoms with Gasteiger partial charge in [0, 0.05) is 24.3 Å². The predicted molar refractivity (Wildman–Crippen MR) is 90.5 cm³/mol. The molecule has 2 N–H and O–H groups in total. The van der Waals surface area contributed by atoms with Gasteiger partial charge in [-0.25, -0.2) is 4.79 Å². The Labute approximate surface area is 135 Å². The number of urea groups is 1. The molecule has 0 saturated carbocycles. The second kappa shape index (κ2) is 6.52. The van der Waals surface area contributed by atoms with Gasteiger partial charge in [0.1, 0.15) is 0 Å². The van der Waals surface area contributed by atoms with Crippen molar-refractivity contribution in [2.75, 3.05) is 16.8 Å². The standard InChI is InChI=1S/C18H19N3O2/c1-13-7-9-14(10-8-13)19-18(23)20-15-11-17(22)21(12-15)16-5-3-2-4-6-16/h2-10,15H,11-12H2,1H3,(H2,19,20,23). The van der Waals surface area contributed by atoms with E-state index in [1.54, 1.807) is 4.90 Å². The average Bonchev–Trinajstić information content (AvgIpc) is 2.91. The number of anilines is 2. The maximum absolute atomic E-state index is 12.1. The van der Waals surface area contributed by atoms with Crippen LogP contribution in [0.5, 0.6) is 0 Å². The zero-order valence-electron chi connectivity index (χ0n) is 13.0. The van der Waals surface area contributed by atoms with Crippen molar-refractivity contribution in [1.82, 2.24) is 5.32 Å². The lowest BCUT2D eigenvalue weighted by molar-refractivity contribution is -0.117. The highest BCUT2D eigenvalue weighted by molar-refractivity contribution is 5.97. The first kappa shape index (κ1) is 15.1. The molecule has 0 radical (unpaired) electrons. The molecule has 1 saturated heterocycles. The van der Waals surface area contributed by atoms with Crippen molar-refractivity contribution in [2.24, 2.45) is 0 Å². The number of para-hydroxylation sites is 1. The molecular formula is C18H19N3O2. The minimum absolute atomic E-state index is 0.0248. The van der Waals surface area contributed by atoms with E-state index >= 15 is 0 Å². The van der Waals surface area contributed by atoms with Gasteiger partial charge < -0.3 is 15.5 Å². The first-order valence-corrected chi connectivity index (χ1v) is 7.61. The van der Waals surface area contributed by atoms with Crippen molar-refractivity contribution in [2.45, 2.75) is 19.4 Å². The lowest BCUT2D eigenvalue weighted by atomic mass is 10.2. The van der Waals surface area contributed by atoms with Gasteiger partial charge in [0.2, 0.25) is 5.91 Å². The van der Waals surface area contributed by atoms with E-state index in [1.807, 2.05) is 61.5 Å². The molecular weight excluding hydrogens is 290 g/mol. The Morgan fingerprint density at radius 1 is 1.09 bits per heavy atom. The van der Waals surface area contributed by atoms with Crippen molar-refractivity contribution in [3.63, 3.8) is 0 Å². The summed E-state index contributed by atoms with van der Waals surface area (Å²) in [7, 11) is 0. The van der Waals surface area contributed by atoms with Crippen LogP contribution < -0.4 is 15.5 Å². The van der Waals surface area contributed by atoms with Gasteiger partial charge >= 0.3 is 6.03 Å². The van der Waals surface area contributed by atoms with Crippen LogP contribution in [0.1, 0.15) is 12.0 Å². The molecule has 23 heavy (non-hydrogen) atoms. The molecule has 1 heterocycles. The maximum Gasteiger partial charge on any atom is 0.319 e. The summed E-state index contributed by atoms with van der Waals surface area (Å²) < 4.78 is 0. The van der Waals surface area contributed by atoms with E-state index in [1.165, 1.54) is 0 Å². The fourth-order valence-electron chi connectivity index (χ4n) is 2.65. The number of nitrogens with one attached hydrogen (secondary N) is 2. The minimum atomic E-state index is -0.290. The molecule has 5 nitrogen and oxygen atoms in total. The van der Waals surface area contributed by atoms with Crippen LogP contribution in [0.3, 0.4) is 0 Å². The van der Waals surface area contributed by atoms with Crippen LogP contribution in [0, 0.1) is 6.92 Å². The molecule has 3 rings (SSSR count). The SMILES string of the molecule is Cc1ccc(NC(=O)NC2CC(=O)N(c3ccccc3)C2)cc1. The van der Waals surface area contributed by atoms with Crippen LogP contribution >= 0.6 is 0 Å². The van der Waals surface area contributed by atoms with E-state index in [2.05, 4.69) is 10.6 Å². The number of nitrogens with zero attached hydrogens (tertiary/aromatic N) is 1. The van der Waals surface area contributed by atoms with Crippen LogP contribution in [0.2, 0.25) is 0 Å². The third kappa shape index (κ3) is 3.69. The van der Waals surface area contributed by atoms with E-state index < -0.39 is 0 Å². The number of aryl methyl sites for hydroxylation is 1. The van der Waals surface area contributed by atoms with Gasteiger partial charge in [-0.2, -0.15) is 0 Å². The number of benzene rings is 2. The molecule has 1 aliphatic rings. The van der Waals surface area contributed by atoms with Crippen molar-refractivity contribution in [3.05, 3.63) is 60.2 Å². The Hall–Kier alpha value is -2.82. The van der Waals surface area contributed by atoms with Crippen molar-refractivity contribution in [1.29, 1.82) is 0 Å². The second-order valence-electron chi connectivity index (χ2n) is 5.71. The molecule has 1 fully saturated rings. The lowest BCUT2D eigenvalue weighted by Gasteiger charge is -2.17. The molecule has 5 heteroatoms. The zero-order chi connectivity index (χ0) is 16.2. The van der Waals surface area contributed by atoms with Gasteiger partial charge in [0.15, 0.2) is 0 Å². The van der Waals surface area contributed by atoms with E-state index in [9.17, 15) is 9.59 Å². The molecule has 2 aromatic rings. The molecule has 0 aromatic heterocycles. The molecule has 2 aromatic carbocycles. The largest absolute Gasteiger partial charge is 0.333 e. The Bertz CT molecular complexity index is 698. The number of amides is 3. The summed E-state index contributed by atoms with van der Waals surface area (Å²) in [6.07, 6.45) is 0.316. The predicted octanol–water partition coefficient (Wildman–Crippen LogP) is 2.92. The van der Waals surface area contributed by atoms with E-state index in [-0.39, 0.29) is 18.0 Å². The minimum Gasteiger partial charge on any atom is -0.333 e. The fourth-order valence-corrected chi connectivity index (χ4v) is 2.65. The van der Waals surface area contributed by atoms with Gasteiger partial charge in [0.25, 0.3) is 0 Å². The van der Waals surface area contributed by atoms with E-state index in [0.29, 0.717) is 13.0 Å². The van der Waals surface area contributed by atoms with Crippen molar-refractivity contribution < 1.29 is 9.59 Å². The van der Waals surface area contributed by atoms with Crippen molar-refractivity contribution in [3.8, 4) is 0 Å². The first-order chi connectivity index (χ1) is 11.1. The van der Waals surface area contributed by atoms with Gasteiger partial charge in [-0.15, -0.1) is 0 Å². The molecule has 118 valence electrons. The van der Waals surface area contributed by atoms with Gasteiger partial charge in [0.05, 0.1) is 6.04 Å². The van der Waals surface area contributed by atoms with E-state index in [4.69, 9.17) is 0 Å². The number of hydrogen-bond donors (Lipinski definition) is 2. The molecule has 1 unspecified atom stereocenters. The van der Waals surface area contributed by atoms with Crippen LogP contribution in [-0.4, -0.2) is 24.5 Å². The fraction of sp³-hybridized carbons (Fsp3) is 0.222. The van der Waals surface area contributed by atoms with Crippen LogP contribution in [-0.2, 0) is 4.79 Å². The van der Waals surface area contributed by atoms with Crippen LogP contribution in [0.4, 0.5) is 16.2 Å². The van der Waals surface area contributed by atoms with Gasteiger partial charge in [-0.05, 0) is 31.2 Å². The summed E-state index contributed by atoms with van der Waals surface area (Å²) in [4.78, 5) is 25.9. The zero-order valence-corrected chi connectivity index (χ0v) is 13.0. The summed E-state index contributed by atoms with van der Waals surface area (Å²) in [5.74, 6) is 0.0248.